The zero-order chi connectivity index (χ0) is 12.8. The third-order valence-electron chi connectivity index (χ3n) is 4.64. The molecule has 3 aliphatic heterocycles. The van der Waals surface area contributed by atoms with E-state index in [0.717, 1.165) is 22.2 Å². The monoisotopic (exact) mass is 322 g/mol. The van der Waals surface area contributed by atoms with E-state index in [2.05, 4.69) is 31.1 Å². The Hall–Kier alpha value is -0.680. The first-order valence-corrected chi connectivity index (χ1v) is 8.10. The standard InChI is InChI=1S/C14H19BrN4/c15-12-7-13(18-14(17-12)10-1-2-10)16-11-8-19-5-3-9(11)4-6-19/h7,9-11H,1-6,8H2,(H,16,17,18). The van der Waals surface area contributed by atoms with E-state index in [4.69, 9.17) is 4.98 Å². The molecule has 102 valence electrons. The van der Waals surface area contributed by atoms with Crippen LogP contribution < -0.4 is 5.32 Å². The van der Waals surface area contributed by atoms with Crippen molar-refractivity contribution in [3.05, 3.63) is 16.5 Å². The Morgan fingerprint density at radius 2 is 1.95 bits per heavy atom. The Labute approximate surface area is 122 Å². The van der Waals surface area contributed by atoms with Crippen LogP contribution in [0.25, 0.3) is 0 Å². The maximum absolute atomic E-state index is 4.70. The summed E-state index contributed by atoms with van der Waals surface area (Å²) < 4.78 is 0.910. The number of nitrogens with one attached hydrogen (secondary N) is 1. The summed E-state index contributed by atoms with van der Waals surface area (Å²) in [5.41, 5.74) is 0. The van der Waals surface area contributed by atoms with Gasteiger partial charge in [0.2, 0.25) is 0 Å². The third-order valence-corrected chi connectivity index (χ3v) is 5.05. The van der Waals surface area contributed by atoms with E-state index >= 15 is 0 Å². The maximum atomic E-state index is 4.70. The van der Waals surface area contributed by atoms with Crippen LogP contribution in [0.4, 0.5) is 5.82 Å². The van der Waals surface area contributed by atoms with Crippen molar-refractivity contribution in [1.29, 1.82) is 0 Å². The molecule has 3 saturated heterocycles. The summed E-state index contributed by atoms with van der Waals surface area (Å²) in [5.74, 6) is 3.44. The average molecular weight is 323 g/mol. The summed E-state index contributed by atoms with van der Waals surface area (Å²) in [5, 5.41) is 3.65. The minimum Gasteiger partial charge on any atom is -0.366 e. The second-order valence-electron chi connectivity index (χ2n) is 6.10. The quantitative estimate of drug-likeness (QED) is 0.868. The van der Waals surface area contributed by atoms with E-state index < -0.39 is 0 Å². The molecule has 1 aromatic rings. The van der Waals surface area contributed by atoms with E-state index in [0.29, 0.717) is 12.0 Å². The molecule has 19 heavy (non-hydrogen) atoms. The number of aromatic nitrogens is 2. The third kappa shape index (κ3) is 2.50. The van der Waals surface area contributed by atoms with Crippen molar-refractivity contribution in [1.82, 2.24) is 14.9 Å². The predicted octanol–water partition coefficient (Wildman–Crippen LogP) is 2.62. The molecular weight excluding hydrogens is 304 g/mol. The predicted molar refractivity (Wildman–Crippen MR) is 78.3 cm³/mol. The van der Waals surface area contributed by atoms with Gasteiger partial charge in [-0.25, -0.2) is 9.97 Å². The van der Waals surface area contributed by atoms with Gasteiger partial charge < -0.3 is 10.2 Å². The fourth-order valence-electron chi connectivity index (χ4n) is 3.35. The van der Waals surface area contributed by atoms with Gasteiger partial charge >= 0.3 is 0 Å². The highest BCUT2D eigenvalue weighted by Crippen LogP contribution is 2.39. The minimum atomic E-state index is 0.566. The van der Waals surface area contributed by atoms with Gasteiger partial charge in [-0.3, -0.25) is 0 Å². The van der Waals surface area contributed by atoms with Gasteiger partial charge in [0, 0.05) is 24.6 Å². The first-order chi connectivity index (χ1) is 9.28. The molecule has 0 amide bonds. The minimum absolute atomic E-state index is 0.566. The van der Waals surface area contributed by atoms with Gasteiger partial charge in [0.05, 0.1) is 0 Å². The largest absolute Gasteiger partial charge is 0.366 e. The molecule has 4 nitrogen and oxygen atoms in total. The van der Waals surface area contributed by atoms with Crippen molar-refractivity contribution in [2.45, 2.75) is 37.6 Å². The number of halogens is 1. The van der Waals surface area contributed by atoms with Crippen LogP contribution >= 0.6 is 15.9 Å². The number of rotatable bonds is 3. The van der Waals surface area contributed by atoms with E-state index in [1.807, 2.05) is 6.07 Å². The molecular formula is C14H19BrN4. The first kappa shape index (κ1) is 12.1. The maximum Gasteiger partial charge on any atom is 0.135 e. The lowest BCUT2D eigenvalue weighted by Crippen LogP contribution is -2.53. The second-order valence-corrected chi connectivity index (χ2v) is 6.91. The van der Waals surface area contributed by atoms with Crippen molar-refractivity contribution in [3.8, 4) is 0 Å². The fraction of sp³-hybridized carbons (Fsp3) is 0.714. The van der Waals surface area contributed by atoms with Crippen LogP contribution in [0.2, 0.25) is 0 Å². The Morgan fingerprint density at radius 1 is 1.16 bits per heavy atom. The lowest BCUT2D eigenvalue weighted by molar-refractivity contribution is 0.0973. The first-order valence-electron chi connectivity index (χ1n) is 7.31. The number of hydrogen-bond acceptors (Lipinski definition) is 4. The molecule has 0 radical (unpaired) electrons. The van der Waals surface area contributed by atoms with Gasteiger partial charge in [0.1, 0.15) is 16.2 Å². The van der Waals surface area contributed by atoms with Gasteiger partial charge in [-0.05, 0) is 60.6 Å². The summed E-state index contributed by atoms with van der Waals surface area (Å²) in [6.45, 7) is 3.73. The Morgan fingerprint density at radius 3 is 2.58 bits per heavy atom. The molecule has 2 bridgehead atoms. The summed E-state index contributed by atoms with van der Waals surface area (Å²) in [6, 6.07) is 2.58. The van der Waals surface area contributed by atoms with Gasteiger partial charge in [-0.15, -0.1) is 0 Å². The molecule has 1 aliphatic carbocycles. The number of anilines is 1. The van der Waals surface area contributed by atoms with Crippen molar-refractivity contribution in [3.63, 3.8) is 0 Å². The van der Waals surface area contributed by atoms with Gasteiger partial charge in [-0.2, -0.15) is 0 Å². The smallest absolute Gasteiger partial charge is 0.135 e. The Kier molecular flexibility index (Phi) is 2.99. The van der Waals surface area contributed by atoms with Crippen LogP contribution in [0.3, 0.4) is 0 Å². The zero-order valence-electron chi connectivity index (χ0n) is 11.0. The van der Waals surface area contributed by atoms with E-state index in [-0.39, 0.29) is 0 Å². The molecule has 1 unspecified atom stereocenters. The van der Waals surface area contributed by atoms with Crippen molar-refractivity contribution in [2.24, 2.45) is 5.92 Å². The molecule has 4 heterocycles. The van der Waals surface area contributed by atoms with Crippen LogP contribution in [-0.4, -0.2) is 40.5 Å². The van der Waals surface area contributed by atoms with Crippen LogP contribution in [0.15, 0.2) is 10.7 Å². The summed E-state index contributed by atoms with van der Waals surface area (Å²) in [6.07, 6.45) is 5.16. The molecule has 0 aromatic carbocycles. The topological polar surface area (TPSA) is 41.0 Å². The molecule has 1 saturated carbocycles. The lowest BCUT2D eigenvalue weighted by Gasteiger charge is -2.45. The SMILES string of the molecule is Brc1cc(NC2CN3CCC2CC3)nc(C2CC2)n1. The summed E-state index contributed by atoms with van der Waals surface area (Å²) in [4.78, 5) is 11.8. The molecule has 5 heteroatoms. The molecule has 1 aromatic heterocycles. The van der Waals surface area contributed by atoms with Crippen LogP contribution in [0, 0.1) is 5.92 Å². The number of fused-ring (bicyclic) bond motifs is 3. The fourth-order valence-corrected chi connectivity index (χ4v) is 3.75. The van der Waals surface area contributed by atoms with Crippen LogP contribution in [0.5, 0.6) is 0 Å². The number of nitrogens with zero attached hydrogens (tertiary/aromatic N) is 3. The van der Waals surface area contributed by atoms with Gasteiger partial charge in [0.15, 0.2) is 0 Å². The van der Waals surface area contributed by atoms with Crippen molar-refractivity contribution < 1.29 is 0 Å². The number of hydrogen-bond donors (Lipinski definition) is 1. The van der Waals surface area contributed by atoms with Gasteiger partial charge in [-0.1, -0.05) is 0 Å². The highest BCUT2D eigenvalue weighted by atomic mass is 79.9. The summed E-state index contributed by atoms with van der Waals surface area (Å²) in [7, 11) is 0. The average Bonchev–Trinajstić information content (AvgIpc) is 3.23. The van der Waals surface area contributed by atoms with Crippen LogP contribution in [-0.2, 0) is 0 Å². The van der Waals surface area contributed by atoms with Crippen LogP contribution in [0.1, 0.15) is 37.4 Å². The normalized spacial score (nSPS) is 33.4. The van der Waals surface area contributed by atoms with E-state index in [1.54, 1.807) is 0 Å². The molecule has 4 aliphatic rings. The molecule has 0 spiro atoms. The molecule has 5 rings (SSSR count). The highest BCUT2D eigenvalue weighted by Gasteiger charge is 2.34. The van der Waals surface area contributed by atoms with Crippen molar-refractivity contribution in [2.75, 3.05) is 25.0 Å². The molecule has 4 fully saturated rings. The van der Waals surface area contributed by atoms with E-state index in [9.17, 15) is 0 Å². The molecule has 1 atom stereocenters. The van der Waals surface area contributed by atoms with Crippen molar-refractivity contribution >= 4 is 21.7 Å². The molecule has 1 N–H and O–H groups in total. The Balaban J connectivity index is 1.53. The zero-order valence-corrected chi connectivity index (χ0v) is 12.6. The summed E-state index contributed by atoms with van der Waals surface area (Å²) >= 11 is 3.51. The van der Waals surface area contributed by atoms with E-state index in [1.165, 1.54) is 45.3 Å². The van der Waals surface area contributed by atoms with Gasteiger partial charge in [0.25, 0.3) is 0 Å². The number of piperidine rings is 3. The Bertz CT molecular complexity index is 480. The second kappa shape index (κ2) is 4.70. The highest BCUT2D eigenvalue weighted by molar-refractivity contribution is 9.10. The lowest BCUT2D eigenvalue weighted by atomic mass is 9.84.